The van der Waals surface area contributed by atoms with Crippen LogP contribution in [0.4, 0.5) is 0 Å². The molecule has 1 heterocycles. The smallest absolute Gasteiger partial charge is 0.111 e. The van der Waals surface area contributed by atoms with Gasteiger partial charge in [0.1, 0.15) is 24.4 Å². The van der Waals surface area contributed by atoms with Crippen molar-refractivity contribution in [1.82, 2.24) is 0 Å². The molecule has 0 radical (unpaired) electrons. The van der Waals surface area contributed by atoms with Gasteiger partial charge in [0.2, 0.25) is 0 Å². The second-order valence-electron chi connectivity index (χ2n) is 8.43. The molecule has 5 nitrogen and oxygen atoms in total. The Morgan fingerprint density at radius 2 is 1.31 bits per heavy atom. The van der Waals surface area contributed by atoms with Crippen LogP contribution >= 0.6 is 0 Å². The third-order valence-electron chi connectivity index (χ3n) is 5.69. The number of rotatable bonds is 18. The van der Waals surface area contributed by atoms with Gasteiger partial charge in [-0.3, -0.25) is 0 Å². The van der Waals surface area contributed by atoms with E-state index in [2.05, 4.69) is 19.1 Å². The predicted octanol–water partition coefficient (Wildman–Crippen LogP) is 4.52. The first-order chi connectivity index (χ1) is 14.2. The number of ether oxygens (including phenoxy) is 2. The highest BCUT2D eigenvalue weighted by Gasteiger charge is 2.37. The van der Waals surface area contributed by atoms with Gasteiger partial charge in [0.25, 0.3) is 0 Å². The first-order valence-corrected chi connectivity index (χ1v) is 12.0. The van der Waals surface area contributed by atoms with Crippen molar-refractivity contribution >= 4 is 0 Å². The van der Waals surface area contributed by atoms with E-state index in [0.717, 1.165) is 12.8 Å². The van der Waals surface area contributed by atoms with Gasteiger partial charge in [-0.05, 0) is 32.1 Å². The maximum atomic E-state index is 9.83. The molecule has 0 amide bonds. The molecule has 3 N–H and O–H groups in total. The zero-order valence-corrected chi connectivity index (χ0v) is 18.6. The lowest BCUT2D eigenvalue weighted by Crippen LogP contribution is -2.54. The molecule has 4 atom stereocenters. The summed E-state index contributed by atoms with van der Waals surface area (Å²) in [6.45, 7) is 3.21. The minimum atomic E-state index is -1.15. The average molecular weight is 415 g/mol. The van der Waals surface area contributed by atoms with Crippen LogP contribution in [0.5, 0.6) is 0 Å². The van der Waals surface area contributed by atoms with Gasteiger partial charge in [0.05, 0.1) is 13.2 Å². The van der Waals surface area contributed by atoms with E-state index < -0.39 is 24.4 Å². The van der Waals surface area contributed by atoms with Gasteiger partial charge in [0, 0.05) is 6.61 Å². The van der Waals surface area contributed by atoms with Crippen LogP contribution in [-0.2, 0) is 9.47 Å². The number of allylic oxidation sites excluding steroid dienone is 2. The van der Waals surface area contributed by atoms with Gasteiger partial charge < -0.3 is 24.8 Å². The van der Waals surface area contributed by atoms with Crippen molar-refractivity contribution in [2.24, 2.45) is 0 Å². The molecule has 1 aliphatic heterocycles. The molecule has 1 saturated heterocycles. The van der Waals surface area contributed by atoms with Crippen LogP contribution in [0.3, 0.4) is 0 Å². The third kappa shape index (κ3) is 13.5. The lowest BCUT2D eigenvalue weighted by molar-refractivity contribution is -0.199. The Bertz CT molecular complexity index is 387. The van der Waals surface area contributed by atoms with Crippen molar-refractivity contribution in [2.45, 2.75) is 121 Å². The van der Waals surface area contributed by atoms with Crippen molar-refractivity contribution in [1.29, 1.82) is 0 Å². The fourth-order valence-corrected chi connectivity index (χ4v) is 3.66. The Kier molecular flexibility index (Phi) is 16.8. The fraction of sp³-hybridized carbons (Fsp3) is 0.917. The van der Waals surface area contributed by atoms with Crippen LogP contribution in [0.2, 0.25) is 0 Å². The minimum Gasteiger partial charge on any atom is -0.388 e. The molecular weight excluding hydrogens is 368 g/mol. The summed E-state index contributed by atoms with van der Waals surface area (Å²) < 4.78 is 10.9. The SMILES string of the molecule is CCCCC/C=C/CCCCCCCCCCCOC[C@H]1OC[C@H](O)[C@@H](O)[C@@H]1O. The molecule has 1 rings (SSSR count). The standard InChI is InChI=1S/C24H46O5/c1-2-3-4-5-6-7-8-9-10-11-12-13-14-15-16-17-18-28-20-22-24(27)23(26)21(25)19-29-22/h6-7,21-27H,2-5,8-20H2,1H3/b7-6+/t21-,22+,23+,24+/m0/s1. The molecule has 0 aromatic rings. The summed E-state index contributed by atoms with van der Waals surface area (Å²) in [6, 6.07) is 0. The Morgan fingerprint density at radius 1 is 0.759 bits per heavy atom. The third-order valence-corrected chi connectivity index (χ3v) is 5.69. The van der Waals surface area contributed by atoms with E-state index in [9.17, 15) is 15.3 Å². The van der Waals surface area contributed by atoms with Crippen molar-refractivity contribution < 1.29 is 24.8 Å². The highest BCUT2D eigenvalue weighted by Crippen LogP contribution is 2.16. The maximum absolute atomic E-state index is 9.83. The quantitative estimate of drug-likeness (QED) is 0.227. The zero-order valence-electron chi connectivity index (χ0n) is 18.6. The fourth-order valence-electron chi connectivity index (χ4n) is 3.66. The van der Waals surface area contributed by atoms with E-state index in [4.69, 9.17) is 9.47 Å². The minimum absolute atomic E-state index is 0.0437. The Balaban J connectivity index is 1.78. The molecule has 29 heavy (non-hydrogen) atoms. The largest absolute Gasteiger partial charge is 0.388 e. The molecule has 1 fully saturated rings. The van der Waals surface area contributed by atoms with Gasteiger partial charge in [-0.15, -0.1) is 0 Å². The average Bonchev–Trinajstić information content (AvgIpc) is 2.72. The molecular formula is C24H46O5. The van der Waals surface area contributed by atoms with Gasteiger partial charge >= 0.3 is 0 Å². The van der Waals surface area contributed by atoms with Crippen LogP contribution in [0, 0.1) is 0 Å². The van der Waals surface area contributed by atoms with Crippen LogP contribution < -0.4 is 0 Å². The molecule has 0 unspecified atom stereocenters. The number of unbranched alkanes of at least 4 members (excludes halogenated alkanes) is 12. The second-order valence-corrected chi connectivity index (χ2v) is 8.43. The maximum Gasteiger partial charge on any atom is 0.111 e. The first-order valence-electron chi connectivity index (χ1n) is 12.0. The highest BCUT2D eigenvalue weighted by molar-refractivity contribution is 4.86. The van der Waals surface area contributed by atoms with E-state index >= 15 is 0 Å². The van der Waals surface area contributed by atoms with Gasteiger partial charge in [0.15, 0.2) is 0 Å². The lowest BCUT2D eigenvalue weighted by Gasteiger charge is -2.35. The number of aliphatic hydroxyl groups excluding tert-OH is 3. The van der Waals surface area contributed by atoms with Gasteiger partial charge in [-0.25, -0.2) is 0 Å². The summed E-state index contributed by atoms with van der Waals surface area (Å²) >= 11 is 0. The van der Waals surface area contributed by atoms with Gasteiger partial charge in [-0.2, -0.15) is 0 Å². The molecule has 0 spiro atoms. The van der Waals surface area contributed by atoms with Crippen LogP contribution in [0.25, 0.3) is 0 Å². The summed E-state index contributed by atoms with van der Waals surface area (Å²) in [5.41, 5.74) is 0. The molecule has 5 heteroatoms. The molecule has 0 aromatic carbocycles. The Morgan fingerprint density at radius 3 is 1.93 bits per heavy atom. The predicted molar refractivity (Wildman–Crippen MR) is 118 cm³/mol. The van der Waals surface area contributed by atoms with Crippen molar-refractivity contribution in [3.05, 3.63) is 12.2 Å². The Labute approximate surface area is 178 Å². The Hall–Kier alpha value is -0.460. The normalized spacial score (nSPS) is 25.1. The van der Waals surface area contributed by atoms with Gasteiger partial charge in [-0.1, -0.05) is 76.9 Å². The summed E-state index contributed by atoms with van der Waals surface area (Å²) in [5, 5.41) is 28.9. The molecule has 0 aromatic heterocycles. The number of aliphatic hydroxyl groups is 3. The van der Waals surface area contributed by atoms with E-state index in [1.165, 1.54) is 77.0 Å². The second kappa shape index (κ2) is 18.3. The monoisotopic (exact) mass is 414 g/mol. The molecule has 172 valence electrons. The lowest BCUT2D eigenvalue weighted by atomic mass is 10.0. The van der Waals surface area contributed by atoms with Crippen LogP contribution in [0.15, 0.2) is 12.2 Å². The topological polar surface area (TPSA) is 79.2 Å². The molecule has 0 bridgehead atoms. The van der Waals surface area contributed by atoms with Crippen molar-refractivity contribution in [2.75, 3.05) is 19.8 Å². The molecule has 0 saturated carbocycles. The summed E-state index contributed by atoms with van der Waals surface area (Å²) in [6.07, 6.45) is 18.9. The first kappa shape index (κ1) is 26.6. The number of hydrogen-bond donors (Lipinski definition) is 3. The zero-order chi connectivity index (χ0) is 21.2. The van der Waals surface area contributed by atoms with Crippen molar-refractivity contribution in [3.8, 4) is 0 Å². The summed E-state index contributed by atoms with van der Waals surface area (Å²) in [5.74, 6) is 0. The van der Waals surface area contributed by atoms with E-state index in [1.54, 1.807) is 0 Å². The van der Waals surface area contributed by atoms with Crippen LogP contribution in [-0.4, -0.2) is 59.6 Å². The summed E-state index contributed by atoms with van der Waals surface area (Å²) in [4.78, 5) is 0. The summed E-state index contributed by atoms with van der Waals surface area (Å²) in [7, 11) is 0. The van der Waals surface area contributed by atoms with E-state index in [0.29, 0.717) is 6.61 Å². The highest BCUT2D eigenvalue weighted by atomic mass is 16.6. The van der Waals surface area contributed by atoms with Crippen molar-refractivity contribution in [3.63, 3.8) is 0 Å². The molecule has 1 aliphatic rings. The van der Waals surface area contributed by atoms with E-state index in [-0.39, 0.29) is 13.2 Å². The van der Waals surface area contributed by atoms with Crippen LogP contribution in [0.1, 0.15) is 96.8 Å². The van der Waals surface area contributed by atoms with E-state index in [1.807, 2.05) is 0 Å². The molecule has 0 aliphatic carbocycles. The number of hydrogen-bond acceptors (Lipinski definition) is 5.